The number of hydrogen-bond acceptors (Lipinski definition) is 6. The van der Waals surface area contributed by atoms with Gasteiger partial charge in [0.05, 0.1) is 30.4 Å². The van der Waals surface area contributed by atoms with Gasteiger partial charge in [-0.15, -0.1) is 11.3 Å². The minimum atomic E-state index is -0.486. The molecule has 0 saturated carbocycles. The number of thiazole rings is 1. The summed E-state index contributed by atoms with van der Waals surface area (Å²) in [4.78, 5) is 30.8. The highest BCUT2D eigenvalue weighted by Gasteiger charge is 2.13. The van der Waals surface area contributed by atoms with E-state index >= 15 is 0 Å². The Morgan fingerprint density at radius 1 is 1.30 bits per heavy atom. The van der Waals surface area contributed by atoms with Crippen LogP contribution in [-0.4, -0.2) is 23.0 Å². The molecule has 0 spiro atoms. The molecule has 136 valence electrons. The zero-order chi connectivity index (χ0) is 18.8. The number of ether oxygens (including phenoxy) is 1. The molecule has 0 atom stereocenters. The third kappa shape index (κ3) is 3.47. The summed E-state index contributed by atoms with van der Waals surface area (Å²) in [6.45, 7) is 0.309. The van der Waals surface area contributed by atoms with Crippen LogP contribution in [-0.2, 0) is 6.54 Å². The Bertz CT molecular complexity index is 1170. The van der Waals surface area contributed by atoms with E-state index in [1.807, 2.05) is 17.5 Å². The molecule has 7 nitrogen and oxygen atoms in total. The summed E-state index contributed by atoms with van der Waals surface area (Å²) in [6.07, 6.45) is 0. The second-order valence-corrected chi connectivity index (χ2v) is 6.68. The third-order valence-corrected chi connectivity index (χ3v) is 4.87. The minimum Gasteiger partial charge on any atom is -0.496 e. The molecule has 0 bridgehead atoms. The smallest absolute Gasteiger partial charge is 0.417 e. The highest BCUT2D eigenvalue weighted by atomic mass is 32.1. The molecule has 4 rings (SSSR count). The summed E-state index contributed by atoms with van der Waals surface area (Å²) < 4.78 is 10.3. The number of H-pyrrole nitrogens is 1. The van der Waals surface area contributed by atoms with Crippen molar-refractivity contribution >= 4 is 28.3 Å². The van der Waals surface area contributed by atoms with Crippen molar-refractivity contribution in [2.75, 3.05) is 7.11 Å². The Morgan fingerprint density at radius 2 is 2.15 bits per heavy atom. The molecule has 2 aromatic carbocycles. The van der Waals surface area contributed by atoms with Crippen molar-refractivity contribution in [1.29, 1.82) is 0 Å². The largest absolute Gasteiger partial charge is 0.496 e. The molecule has 8 heteroatoms. The first-order chi connectivity index (χ1) is 13.1. The summed E-state index contributed by atoms with van der Waals surface area (Å²) in [5.41, 5.74) is 3.20. The van der Waals surface area contributed by atoms with Crippen molar-refractivity contribution in [3.05, 3.63) is 69.0 Å². The van der Waals surface area contributed by atoms with Crippen molar-refractivity contribution in [1.82, 2.24) is 15.3 Å². The molecule has 0 saturated heterocycles. The van der Waals surface area contributed by atoms with E-state index in [0.29, 0.717) is 29.0 Å². The molecule has 2 aromatic heterocycles. The number of para-hydroxylation sites is 1. The molecule has 0 radical (unpaired) electrons. The zero-order valence-electron chi connectivity index (χ0n) is 14.3. The summed E-state index contributed by atoms with van der Waals surface area (Å²) in [5.74, 6) is -0.184. The number of methoxy groups -OCH3 is 1. The normalized spacial score (nSPS) is 10.9. The SMILES string of the molecule is COc1ccccc1C(=O)NCc1nc(-c2ccc3[nH]c(=O)oc3c2)cs1. The van der Waals surface area contributed by atoms with Crippen LogP contribution in [0.15, 0.2) is 57.1 Å². The highest BCUT2D eigenvalue weighted by molar-refractivity contribution is 7.09. The quantitative estimate of drug-likeness (QED) is 0.553. The monoisotopic (exact) mass is 381 g/mol. The number of benzene rings is 2. The van der Waals surface area contributed by atoms with Gasteiger partial charge < -0.3 is 14.5 Å². The molecule has 2 heterocycles. The molecule has 27 heavy (non-hydrogen) atoms. The fourth-order valence-corrected chi connectivity index (χ4v) is 3.46. The van der Waals surface area contributed by atoms with Crippen molar-refractivity contribution in [2.45, 2.75) is 6.54 Å². The van der Waals surface area contributed by atoms with E-state index < -0.39 is 5.76 Å². The molecular weight excluding hydrogens is 366 g/mol. The Kier molecular flexibility index (Phi) is 4.47. The first-order valence-corrected chi connectivity index (χ1v) is 9.01. The van der Waals surface area contributed by atoms with Gasteiger partial charge in [-0.3, -0.25) is 9.78 Å². The molecule has 1 amide bonds. The number of nitrogens with one attached hydrogen (secondary N) is 2. The van der Waals surface area contributed by atoms with Gasteiger partial charge in [0, 0.05) is 10.9 Å². The van der Waals surface area contributed by atoms with E-state index in [-0.39, 0.29) is 5.91 Å². The number of carbonyl (C=O) groups excluding carboxylic acids is 1. The Balaban J connectivity index is 1.49. The second kappa shape index (κ2) is 7.08. The molecular formula is C19H15N3O4S. The number of hydrogen-bond donors (Lipinski definition) is 2. The van der Waals surface area contributed by atoms with Gasteiger partial charge in [0.25, 0.3) is 5.91 Å². The molecule has 0 aliphatic heterocycles. The molecule has 0 aliphatic carbocycles. The summed E-state index contributed by atoms with van der Waals surface area (Å²) >= 11 is 1.44. The fourth-order valence-electron chi connectivity index (χ4n) is 2.71. The number of oxazole rings is 1. The van der Waals surface area contributed by atoms with Crippen molar-refractivity contribution in [2.24, 2.45) is 0 Å². The lowest BCUT2D eigenvalue weighted by Gasteiger charge is -2.07. The van der Waals surface area contributed by atoms with E-state index in [0.717, 1.165) is 16.3 Å². The van der Waals surface area contributed by atoms with Crippen LogP contribution in [0.4, 0.5) is 0 Å². The fraction of sp³-hybridized carbons (Fsp3) is 0.105. The van der Waals surface area contributed by atoms with Crippen LogP contribution in [0, 0.1) is 0 Å². The van der Waals surface area contributed by atoms with E-state index in [1.165, 1.54) is 18.4 Å². The van der Waals surface area contributed by atoms with E-state index in [2.05, 4.69) is 15.3 Å². The third-order valence-electron chi connectivity index (χ3n) is 4.02. The maximum absolute atomic E-state index is 12.4. The van der Waals surface area contributed by atoms with Gasteiger partial charge >= 0.3 is 5.76 Å². The van der Waals surface area contributed by atoms with Crippen LogP contribution >= 0.6 is 11.3 Å². The van der Waals surface area contributed by atoms with Crippen LogP contribution in [0.2, 0.25) is 0 Å². The number of rotatable bonds is 5. The maximum atomic E-state index is 12.4. The zero-order valence-corrected chi connectivity index (χ0v) is 15.1. The number of carbonyl (C=O) groups is 1. The molecule has 0 unspecified atom stereocenters. The van der Waals surface area contributed by atoms with Gasteiger partial charge in [-0.1, -0.05) is 18.2 Å². The Morgan fingerprint density at radius 3 is 3.00 bits per heavy atom. The highest BCUT2D eigenvalue weighted by Crippen LogP contribution is 2.25. The lowest BCUT2D eigenvalue weighted by molar-refractivity contribution is 0.0948. The average Bonchev–Trinajstić information content (AvgIpc) is 3.30. The Labute approximate surface area is 157 Å². The first-order valence-electron chi connectivity index (χ1n) is 8.13. The predicted molar refractivity (Wildman–Crippen MR) is 102 cm³/mol. The van der Waals surface area contributed by atoms with Gasteiger partial charge in [0.1, 0.15) is 10.8 Å². The van der Waals surface area contributed by atoms with Crippen LogP contribution in [0.3, 0.4) is 0 Å². The second-order valence-electron chi connectivity index (χ2n) is 5.73. The molecule has 0 fully saturated rings. The van der Waals surface area contributed by atoms with E-state index in [1.54, 1.807) is 30.3 Å². The van der Waals surface area contributed by atoms with Crippen molar-refractivity contribution in [3.8, 4) is 17.0 Å². The number of fused-ring (bicyclic) bond motifs is 1. The minimum absolute atomic E-state index is 0.222. The van der Waals surface area contributed by atoms with Gasteiger partial charge in [-0.05, 0) is 24.3 Å². The molecule has 0 aliphatic rings. The van der Waals surface area contributed by atoms with Crippen LogP contribution in [0.25, 0.3) is 22.4 Å². The lowest BCUT2D eigenvalue weighted by Crippen LogP contribution is -2.23. The summed E-state index contributed by atoms with van der Waals surface area (Å²) in [6, 6.07) is 12.4. The van der Waals surface area contributed by atoms with Crippen molar-refractivity contribution < 1.29 is 13.9 Å². The van der Waals surface area contributed by atoms with Crippen LogP contribution in [0.1, 0.15) is 15.4 Å². The van der Waals surface area contributed by atoms with Crippen molar-refractivity contribution in [3.63, 3.8) is 0 Å². The van der Waals surface area contributed by atoms with Gasteiger partial charge in [-0.2, -0.15) is 0 Å². The van der Waals surface area contributed by atoms with E-state index in [9.17, 15) is 9.59 Å². The summed E-state index contributed by atoms with van der Waals surface area (Å²) in [5, 5.41) is 5.52. The summed E-state index contributed by atoms with van der Waals surface area (Å²) in [7, 11) is 1.53. The molecule has 2 N–H and O–H groups in total. The first kappa shape index (κ1) is 17.0. The Hall–Kier alpha value is -3.39. The number of aromatic nitrogens is 2. The topological polar surface area (TPSA) is 97.2 Å². The number of amides is 1. The standard InChI is InChI=1S/C19H15N3O4S/c1-25-15-5-3-2-4-12(15)18(23)20-9-17-21-14(10-27-17)11-6-7-13-16(8-11)26-19(24)22-13/h2-8,10H,9H2,1H3,(H,20,23)(H,22,24). The van der Waals surface area contributed by atoms with Crippen LogP contribution < -0.4 is 15.8 Å². The number of nitrogens with zero attached hydrogens (tertiary/aromatic N) is 1. The van der Waals surface area contributed by atoms with Gasteiger partial charge in [-0.25, -0.2) is 9.78 Å². The van der Waals surface area contributed by atoms with Crippen LogP contribution in [0.5, 0.6) is 5.75 Å². The number of aromatic amines is 1. The lowest BCUT2D eigenvalue weighted by atomic mass is 10.1. The maximum Gasteiger partial charge on any atom is 0.417 e. The molecule has 4 aromatic rings. The van der Waals surface area contributed by atoms with Gasteiger partial charge in [0.15, 0.2) is 5.58 Å². The van der Waals surface area contributed by atoms with E-state index in [4.69, 9.17) is 9.15 Å². The predicted octanol–water partition coefficient (Wildman–Crippen LogP) is 3.18. The van der Waals surface area contributed by atoms with Gasteiger partial charge in [0.2, 0.25) is 0 Å². The average molecular weight is 381 g/mol.